The number of Topliss-reactive ketones (excluding diaryl/α,β-unsaturated/α-hetero) is 1. The summed E-state index contributed by atoms with van der Waals surface area (Å²) in [5, 5.41) is 2.03. The summed E-state index contributed by atoms with van der Waals surface area (Å²) in [6, 6.07) is 12.0. The number of benzene rings is 1. The van der Waals surface area contributed by atoms with Crippen molar-refractivity contribution in [3.63, 3.8) is 0 Å². The molecular formula is C15H12O2S. The van der Waals surface area contributed by atoms with Gasteiger partial charge in [-0.25, -0.2) is 0 Å². The standard InChI is InChI=1S/C15H12O2S/c16-13-11-5-2-1-4-10(11)7-8-15(13)14(17-15)12-6-3-9-18-12/h1-6,9,14H,7-8H2. The Bertz CT molecular complexity index is 617. The van der Waals surface area contributed by atoms with Crippen LogP contribution < -0.4 is 0 Å². The van der Waals surface area contributed by atoms with Gasteiger partial charge in [0.15, 0.2) is 11.4 Å². The van der Waals surface area contributed by atoms with Crippen molar-refractivity contribution < 1.29 is 9.53 Å². The second-order valence-corrected chi connectivity index (χ2v) is 5.87. The Labute approximate surface area is 109 Å². The predicted octanol–water partition coefficient (Wildman–Crippen LogP) is 3.39. The number of epoxide rings is 1. The molecule has 0 bridgehead atoms. The van der Waals surface area contributed by atoms with E-state index in [4.69, 9.17) is 4.74 Å². The molecule has 1 aromatic heterocycles. The van der Waals surface area contributed by atoms with Crippen LogP contribution in [0.2, 0.25) is 0 Å². The van der Waals surface area contributed by atoms with Crippen molar-refractivity contribution in [3.05, 3.63) is 57.8 Å². The van der Waals surface area contributed by atoms with Crippen molar-refractivity contribution in [1.82, 2.24) is 0 Å². The first-order chi connectivity index (χ1) is 8.81. The van der Waals surface area contributed by atoms with Crippen LogP contribution in [-0.2, 0) is 11.2 Å². The fraction of sp³-hybridized carbons (Fsp3) is 0.267. The van der Waals surface area contributed by atoms with Gasteiger partial charge in [-0.15, -0.1) is 11.3 Å². The predicted molar refractivity (Wildman–Crippen MR) is 70.0 cm³/mol. The molecule has 3 heteroatoms. The third-order valence-electron chi connectivity index (χ3n) is 3.91. The summed E-state index contributed by atoms with van der Waals surface area (Å²) >= 11 is 1.67. The molecule has 2 nitrogen and oxygen atoms in total. The van der Waals surface area contributed by atoms with Crippen molar-refractivity contribution in [3.8, 4) is 0 Å². The van der Waals surface area contributed by atoms with E-state index in [0.717, 1.165) is 24.0 Å². The zero-order chi connectivity index (χ0) is 12.2. The molecule has 1 aromatic carbocycles. The summed E-state index contributed by atoms with van der Waals surface area (Å²) in [7, 11) is 0. The summed E-state index contributed by atoms with van der Waals surface area (Å²) in [4.78, 5) is 13.8. The quantitative estimate of drug-likeness (QED) is 0.732. The van der Waals surface area contributed by atoms with E-state index in [9.17, 15) is 4.79 Å². The average Bonchev–Trinajstić information content (AvgIpc) is 2.87. The molecule has 1 saturated heterocycles. The third kappa shape index (κ3) is 1.29. The Kier molecular flexibility index (Phi) is 2.05. The number of ether oxygens (including phenoxy) is 1. The van der Waals surface area contributed by atoms with Gasteiger partial charge in [0.05, 0.1) is 0 Å². The zero-order valence-corrected chi connectivity index (χ0v) is 10.6. The zero-order valence-electron chi connectivity index (χ0n) is 9.76. The number of fused-ring (bicyclic) bond motifs is 1. The minimum absolute atomic E-state index is 0.0154. The summed E-state index contributed by atoms with van der Waals surface area (Å²) in [5.41, 5.74) is 1.45. The molecule has 1 fully saturated rings. The van der Waals surface area contributed by atoms with Crippen molar-refractivity contribution in [2.75, 3.05) is 0 Å². The second-order valence-electron chi connectivity index (χ2n) is 4.89. The van der Waals surface area contributed by atoms with E-state index in [2.05, 4.69) is 6.07 Å². The van der Waals surface area contributed by atoms with Gasteiger partial charge in [-0.1, -0.05) is 30.3 Å². The van der Waals surface area contributed by atoms with Gasteiger partial charge in [-0.2, -0.15) is 0 Å². The van der Waals surface area contributed by atoms with E-state index in [1.54, 1.807) is 11.3 Å². The first kappa shape index (κ1) is 10.5. The lowest BCUT2D eigenvalue weighted by atomic mass is 9.80. The smallest absolute Gasteiger partial charge is 0.198 e. The van der Waals surface area contributed by atoms with Crippen LogP contribution in [0.15, 0.2) is 41.8 Å². The molecule has 0 radical (unpaired) electrons. The molecule has 2 heterocycles. The maximum Gasteiger partial charge on any atom is 0.198 e. The lowest BCUT2D eigenvalue weighted by molar-refractivity contribution is 0.0850. The highest BCUT2D eigenvalue weighted by molar-refractivity contribution is 7.10. The summed E-state index contributed by atoms with van der Waals surface area (Å²) in [6.45, 7) is 0. The Morgan fingerprint density at radius 2 is 2.11 bits per heavy atom. The molecule has 2 aliphatic rings. The van der Waals surface area contributed by atoms with E-state index in [-0.39, 0.29) is 11.9 Å². The molecule has 1 aliphatic heterocycles. The van der Waals surface area contributed by atoms with E-state index in [1.807, 2.05) is 35.7 Å². The Hall–Kier alpha value is -1.45. The van der Waals surface area contributed by atoms with E-state index in [0.29, 0.717) is 0 Å². The lowest BCUT2D eigenvalue weighted by Gasteiger charge is -2.20. The van der Waals surface area contributed by atoms with Gasteiger partial charge in [0, 0.05) is 10.4 Å². The lowest BCUT2D eigenvalue weighted by Crippen LogP contribution is -2.31. The van der Waals surface area contributed by atoms with Crippen LogP contribution in [0.3, 0.4) is 0 Å². The monoisotopic (exact) mass is 256 g/mol. The number of hydrogen-bond acceptors (Lipinski definition) is 3. The molecule has 18 heavy (non-hydrogen) atoms. The van der Waals surface area contributed by atoms with Crippen LogP contribution in [-0.4, -0.2) is 11.4 Å². The first-order valence-corrected chi connectivity index (χ1v) is 7.03. The van der Waals surface area contributed by atoms with Crippen molar-refractivity contribution in [2.24, 2.45) is 0 Å². The van der Waals surface area contributed by atoms with Crippen LogP contribution >= 0.6 is 11.3 Å². The van der Waals surface area contributed by atoms with Gasteiger partial charge in [-0.3, -0.25) is 4.79 Å². The second kappa shape index (κ2) is 3.53. The molecule has 2 atom stereocenters. The average molecular weight is 256 g/mol. The highest BCUT2D eigenvalue weighted by Gasteiger charge is 2.64. The summed E-state index contributed by atoms with van der Waals surface area (Å²) < 4.78 is 5.82. The van der Waals surface area contributed by atoms with Crippen molar-refractivity contribution in [2.45, 2.75) is 24.5 Å². The van der Waals surface area contributed by atoms with Gasteiger partial charge in [0.25, 0.3) is 0 Å². The van der Waals surface area contributed by atoms with Crippen LogP contribution in [0.4, 0.5) is 0 Å². The fourth-order valence-corrected chi connectivity index (χ4v) is 3.72. The highest BCUT2D eigenvalue weighted by Crippen LogP contribution is 2.57. The maximum atomic E-state index is 12.6. The molecule has 0 saturated carbocycles. The fourth-order valence-electron chi connectivity index (χ4n) is 2.89. The maximum absolute atomic E-state index is 12.6. The van der Waals surface area contributed by atoms with Gasteiger partial charge in [0.1, 0.15) is 6.10 Å². The molecule has 2 aromatic rings. The molecule has 1 aliphatic carbocycles. The van der Waals surface area contributed by atoms with Crippen LogP contribution in [0.1, 0.15) is 33.3 Å². The number of thiophene rings is 1. The van der Waals surface area contributed by atoms with E-state index >= 15 is 0 Å². The van der Waals surface area contributed by atoms with E-state index < -0.39 is 5.60 Å². The van der Waals surface area contributed by atoms with Crippen molar-refractivity contribution in [1.29, 1.82) is 0 Å². The van der Waals surface area contributed by atoms with Gasteiger partial charge < -0.3 is 4.74 Å². The number of hydrogen-bond donors (Lipinski definition) is 0. The Morgan fingerprint density at radius 3 is 2.94 bits per heavy atom. The number of carbonyl (C=O) groups excluding carboxylic acids is 1. The van der Waals surface area contributed by atoms with E-state index in [1.165, 1.54) is 4.88 Å². The summed E-state index contributed by atoms with van der Waals surface area (Å²) in [5.74, 6) is 0.169. The molecule has 90 valence electrons. The topological polar surface area (TPSA) is 29.6 Å². The number of carbonyl (C=O) groups is 1. The minimum Gasteiger partial charge on any atom is -0.351 e. The normalized spacial score (nSPS) is 29.3. The molecule has 0 amide bonds. The number of rotatable bonds is 1. The first-order valence-electron chi connectivity index (χ1n) is 6.15. The third-order valence-corrected chi connectivity index (χ3v) is 4.82. The van der Waals surface area contributed by atoms with Gasteiger partial charge >= 0.3 is 0 Å². The van der Waals surface area contributed by atoms with Crippen LogP contribution in [0, 0.1) is 0 Å². The minimum atomic E-state index is -0.556. The van der Waals surface area contributed by atoms with Gasteiger partial charge in [0.2, 0.25) is 0 Å². The molecule has 4 rings (SSSR count). The largest absolute Gasteiger partial charge is 0.351 e. The van der Waals surface area contributed by atoms with Gasteiger partial charge in [-0.05, 0) is 29.9 Å². The SMILES string of the molecule is O=C1c2ccccc2CCC12OC2c1cccs1. The summed E-state index contributed by atoms with van der Waals surface area (Å²) in [6.07, 6.45) is 1.73. The van der Waals surface area contributed by atoms with Crippen LogP contribution in [0.25, 0.3) is 0 Å². The Morgan fingerprint density at radius 1 is 1.22 bits per heavy atom. The highest BCUT2D eigenvalue weighted by atomic mass is 32.1. The molecular weight excluding hydrogens is 244 g/mol. The van der Waals surface area contributed by atoms with Crippen molar-refractivity contribution >= 4 is 17.1 Å². The molecule has 1 spiro atoms. The Balaban J connectivity index is 1.73. The molecule has 2 unspecified atom stereocenters. The number of aryl methyl sites for hydroxylation is 1. The van der Waals surface area contributed by atoms with Crippen LogP contribution in [0.5, 0.6) is 0 Å². The number of ketones is 1. The molecule has 0 N–H and O–H groups in total.